The maximum absolute atomic E-state index is 12.9. The monoisotopic (exact) mass is 1110 g/mol. The Labute approximate surface area is 496 Å². The summed E-state index contributed by atoms with van der Waals surface area (Å²) in [5.74, 6) is -0.900. The van der Waals surface area contributed by atoms with E-state index < -0.39 is 6.10 Å². The van der Waals surface area contributed by atoms with E-state index in [0.29, 0.717) is 19.3 Å². The minimum Gasteiger partial charge on any atom is -0.462 e. The molecule has 0 N–H and O–H groups in total. The van der Waals surface area contributed by atoms with E-state index in [1.165, 1.54) is 154 Å². The van der Waals surface area contributed by atoms with Crippen LogP contribution in [-0.4, -0.2) is 37.2 Å². The first-order valence-electron chi connectivity index (χ1n) is 34.2. The highest BCUT2D eigenvalue weighted by Crippen LogP contribution is 2.17. The molecule has 0 saturated heterocycles. The van der Waals surface area contributed by atoms with E-state index in [4.69, 9.17) is 14.2 Å². The fourth-order valence-corrected chi connectivity index (χ4v) is 9.67. The summed E-state index contributed by atoms with van der Waals surface area (Å²) in [6, 6.07) is 0. The summed E-state index contributed by atoms with van der Waals surface area (Å²) in [6.07, 6.45) is 91.6. The van der Waals surface area contributed by atoms with Gasteiger partial charge >= 0.3 is 17.9 Å². The number of hydrogen-bond acceptors (Lipinski definition) is 6. The third-order valence-corrected chi connectivity index (χ3v) is 14.8. The van der Waals surface area contributed by atoms with E-state index in [0.717, 1.165) is 141 Å². The third-order valence-electron chi connectivity index (χ3n) is 14.8. The smallest absolute Gasteiger partial charge is 0.306 e. The Balaban J connectivity index is 4.08. The van der Waals surface area contributed by atoms with Gasteiger partial charge in [-0.15, -0.1) is 0 Å². The van der Waals surface area contributed by atoms with Gasteiger partial charge in [-0.05, 0) is 109 Å². The van der Waals surface area contributed by atoms with Gasteiger partial charge in [-0.3, -0.25) is 14.4 Å². The fraction of sp³-hybridized carbons (Fsp3) is 0.743. The Morgan fingerprint density at radius 1 is 0.263 bits per heavy atom. The molecule has 0 aliphatic carbocycles. The Hall–Kier alpha value is -3.67. The molecule has 1 unspecified atom stereocenters. The Kier molecular flexibility index (Phi) is 64.7. The largest absolute Gasteiger partial charge is 0.462 e. The molecule has 6 nitrogen and oxygen atoms in total. The SMILES string of the molecule is CC/C=C\C/C=C\C/C=C\C/C=C\CCCCCCCCCCCCCCCCCCCCCCCCC(=O)OCC(COC(=O)CCCCCCC/C=C\C/C=C\CCC)OC(=O)CCCCCCC/C=C\C/C=C\CCCC. The fourth-order valence-electron chi connectivity index (χ4n) is 9.67. The molecule has 0 aliphatic heterocycles. The van der Waals surface area contributed by atoms with Gasteiger partial charge in [-0.1, -0.05) is 304 Å². The second-order valence-electron chi connectivity index (χ2n) is 22.7. The average Bonchev–Trinajstić information content (AvgIpc) is 3.46. The molecule has 460 valence electrons. The Morgan fingerprint density at radius 3 is 0.812 bits per heavy atom. The van der Waals surface area contributed by atoms with Crippen LogP contribution in [0.3, 0.4) is 0 Å². The molecule has 0 fully saturated rings. The summed E-state index contributed by atoms with van der Waals surface area (Å²) in [6.45, 7) is 6.43. The number of allylic oxidation sites excluding steroid dienone is 16. The highest BCUT2D eigenvalue weighted by molar-refractivity contribution is 5.71. The van der Waals surface area contributed by atoms with Crippen molar-refractivity contribution in [2.24, 2.45) is 0 Å². The second-order valence-corrected chi connectivity index (χ2v) is 22.7. The van der Waals surface area contributed by atoms with Crippen molar-refractivity contribution in [2.45, 2.75) is 341 Å². The lowest BCUT2D eigenvalue weighted by Crippen LogP contribution is -2.30. The lowest BCUT2D eigenvalue weighted by molar-refractivity contribution is -0.167. The number of hydrogen-bond donors (Lipinski definition) is 0. The highest BCUT2D eigenvalue weighted by Gasteiger charge is 2.19. The van der Waals surface area contributed by atoms with Crippen LogP contribution in [0.15, 0.2) is 97.2 Å². The molecule has 0 aliphatic rings. The first-order chi connectivity index (χ1) is 39.5. The van der Waals surface area contributed by atoms with Gasteiger partial charge in [0.2, 0.25) is 0 Å². The molecule has 0 saturated carbocycles. The van der Waals surface area contributed by atoms with Crippen LogP contribution in [0.2, 0.25) is 0 Å². The molecule has 0 heterocycles. The van der Waals surface area contributed by atoms with Crippen molar-refractivity contribution in [1.29, 1.82) is 0 Å². The normalized spacial score (nSPS) is 12.7. The van der Waals surface area contributed by atoms with Crippen LogP contribution >= 0.6 is 0 Å². The van der Waals surface area contributed by atoms with Crippen molar-refractivity contribution in [2.75, 3.05) is 13.2 Å². The number of carbonyl (C=O) groups excluding carboxylic acids is 3. The molecular weight excluding hydrogens is 985 g/mol. The average molecular weight is 1110 g/mol. The Morgan fingerprint density at radius 2 is 0.512 bits per heavy atom. The maximum Gasteiger partial charge on any atom is 0.306 e. The molecule has 0 amide bonds. The number of ether oxygens (including phenoxy) is 3. The molecule has 6 heteroatoms. The highest BCUT2D eigenvalue weighted by atomic mass is 16.6. The van der Waals surface area contributed by atoms with E-state index in [1.807, 2.05) is 0 Å². The van der Waals surface area contributed by atoms with Gasteiger partial charge < -0.3 is 14.2 Å². The topological polar surface area (TPSA) is 78.9 Å². The predicted octanol–water partition coefficient (Wildman–Crippen LogP) is 23.6. The minimum absolute atomic E-state index is 0.0841. The first-order valence-corrected chi connectivity index (χ1v) is 34.2. The van der Waals surface area contributed by atoms with E-state index >= 15 is 0 Å². The van der Waals surface area contributed by atoms with Crippen LogP contribution in [0.5, 0.6) is 0 Å². The third kappa shape index (κ3) is 65.1. The predicted molar refractivity (Wildman–Crippen MR) is 348 cm³/mol. The van der Waals surface area contributed by atoms with Gasteiger partial charge in [-0.25, -0.2) is 0 Å². The van der Waals surface area contributed by atoms with Gasteiger partial charge in [0.25, 0.3) is 0 Å². The Bertz CT molecular complexity index is 1560. The zero-order valence-electron chi connectivity index (χ0n) is 52.8. The number of esters is 3. The van der Waals surface area contributed by atoms with Crippen molar-refractivity contribution in [1.82, 2.24) is 0 Å². The summed E-state index contributed by atoms with van der Waals surface area (Å²) < 4.78 is 16.9. The zero-order valence-corrected chi connectivity index (χ0v) is 52.8. The molecule has 0 aromatic heterocycles. The lowest BCUT2D eigenvalue weighted by Gasteiger charge is -2.18. The quantitative estimate of drug-likeness (QED) is 0.0261. The molecule has 0 aromatic rings. The summed E-state index contributed by atoms with van der Waals surface area (Å²) in [4.78, 5) is 38.3. The van der Waals surface area contributed by atoms with E-state index in [1.54, 1.807) is 0 Å². The van der Waals surface area contributed by atoms with Gasteiger partial charge in [-0.2, -0.15) is 0 Å². The van der Waals surface area contributed by atoms with E-state index in [-0.39, 0.29) is 31.1 Å². The van der Waals surface area contributed by atoms with Gasteiger partial charge in [0.15, 0.2) is 6.10 Å². The van der Waals surface area contributed by atoms with Crippen molar-refractivity contribution < 1.29 is 28.6 Å². The molecule has 0 aromatic carbocycles. The number of carbonyl (C=O) groups is 3. The number of unbranched alkanes of at least 4 members (excludes halogenated alkanes) is 35. The van der Waals surface area contributed by atoms with Crippen LogP contribution in [0.4, 0.5) is 0 Å². The summed E-state index contributed by atoms with van der Waals surface area (Å²) in [5.41, 5.74) is 0. The first kappa shape index (κ1) is 76.3. The van der Waals surface area contributed by atoms with Gasteiger partial charge in [0.05, 0.1) is 0 Å². The number of rotatable bonds is 62. The summed E-state index contributed by atoms with van der Waals surface area (Å²) in [5, 5.41) is 0. The van der Waals surface area contributed by atoms with Crippen molar-refractivity contribution >= 4 is 17.9 Å². The van der Waals surface area contributed by atoms with Gasteiger partial charge in [0.1, 0.15) is 13.2 Å². The van der Waals surface area contributed by atoms with Crippen LogP contribution in [0.1, 0.15) is 335 Å². The zero-order chi connectivity index (χ0) is 57.8. The molecule has 0 radical (unpaired) electrons. The van der Waals surface area contributed by atoms with Crippen LogP contribution in [0.25, 0.3) is 0 Å². The molecule has 0 bridgehead atoms. The molecule has 1 atom stereocenters. The van der Waals surface area contributed by atoms with Crippen LogP contribution in [0, 0.1) is 0 Å². The lowest BCUT2D eigenvalue weighted by atomic mass is 10.0. The van der Waals surface area contributed by atoms with Crippen molar-refractivity contribution in [3.05, 3.63) is 97.2 Å². The molecular formula is C74H128O6. The summed E-state index contributed by atoms with van der Waals surface area (Å²) >= 11 is 0. The van der Waals surface area contributed by atoms with E-state index in [2.05, 4.69) is 118 Å². The maximum atomic E-state index is 12.9. The van der Waals surface area contributed by atoms with Crippen molar-refractivity contribution in [3.8, 4) is 0 Å². The van der Waals surface area contributed by atoms with Crippen LogP contribution in [-0.2, 0) is 28.6 Å². The standard InChI is InChI=1S/C74H128O6/c1-4-7-10-13-16-19-22-25-27-28-29-30-31-32-33-34-35-36-37-38-39-40-41-42-43-44-45-46-47-50-52-55-58-61-64-67-73(76)79-70-71(69-78-72(75)66-63-60-57-54-51-48-24-21-18-15-12-9-6-3)80-74(77)68-65-62-59-56-53-49-26-23-20-17-14-11-8-5-2/h7,10,12,14-17,19,21,23-27,29-30,71H,4-6,8-9,11,13,18,20,22,28,31-70H2,1-3H3/b10-7-,15-12-,17-14-,19-16-,24-21-,26-23-,27-25-,30-29-. The van der Waals surface area contributed by atoms with Crippen molar-refractivity contribution in [3.63, 3.8) is 0 Å². The van der Waals surface area contributed by atoms with Gasteiger partial charge in [0, 0.05) is 19.3 Å². The second kappa shape index (κ2) is 67.8. The minimum atomic E-state index is -0.789. The molecule has 0 spiro atoms. The molecule has 0 rings (SSSR count). The van der Waals surface area contributed by atoms with E-state index in [9.17, 15) is 14.4 Å². The summed E-state index contributed by atoms with van der Waals surface area (Å²) in [7, 11) is 0. The van der Waals surface area contributed by atoms with Crippen LogP contribution < -0.4 is 0 Å². The molecule has 80 heavy (non-hydrogen) atoms.